The van der Waals surface area contributed by atoms with E-state index in [0.29, 0.717) is 18.1 Å². The highest BCUT2D eigenvalue weighted by Gasteiger charge is 2.34. The Bertz CT molecular complexity index is 469. The van der Waals surface area contributed by atoms with Crippen LogP contribution in [0.4, 0.5) is 5.82 Å². The SMILES string of the molecule is CCCCN1C[C@@H](C(=O)Nc2cc(C)on2)CC1=O. The highest BCUT2D eigenvalue weighted by atomic mass is 16.5. The van der Waals surface area contributed by atoms with Crippen molar-refractivity contribution in [3.05, 3.63) is 11.8 Å². The first-order chi connectivity index (χ1) is 9.10. The average molecular weight is 265 g/mol. The van der Waals surface area contributed by atoms with E-state index in [9.17, 15) is 9.59 Å². The first kappa shape index (κ1) is 13.6. The fourth-order valence-electron chi connectivity index (χ4n) is 2.17. The lowest BCUT2D eigenvalue weighted by molar-refractivity contribution is -0.128. The second-order valence-corrected chi connectivity index (χ2v) is 4.91. The van der Waals surface area contributed by atoms with Crippen molar-refractivity contribution >= 4 is 17.6 Å². The molecule has 0 unspecified atom stereocenters. The molecule has 0 aromatic carbocycles. The number of aromatic nitrogens is 1. The van der Waals surface area contributed by atoms with Crippen LogP contribution in [0.1, 0.15) is 31.9 Å². The normalized spacial score (nSPS) is 18.9. The number of carbonyl (C=O) groups is 2. The molecular formula is C13H19N3O3. The van der Waals surface area contributed by atoms with Gasteiger partial charge in [0.1, 0.15) is 5.76 Å². The molecule has 0 saturated carbocycles. The number of nitrogens with zero attached hydrogens (tertiary/aromatic N) is 2. The van der Waals surface area contributed by atoms with Gasteiger partial charge < -0.3 is 14.7 Å². The average Bonchev–Trinajstić information content (AvgIpc) is 2.93. The number of nitrogens with one attached hydrogen (secondary N) is 1. The molecule has 1 aliphatic rings. The molecule has 0 radical (unpaired) electrons. The molecule has 1 aromatic heterocycles. The molecule has 1 aliphatic heterocycles. The van der Waals surface area contributed by atoms with E-state index in [4.69, 9.17) is 4.52 Å². The smallest absolute Gasteiger partial charge is 0.231 e. The number of anilines is 1. The minimum absolute atomic E-state index is 0.0601. The van der Waals surface area contributed by atoms with Gasteiger partial charge in [0.15, 0.2) is 5.82 Å². The summed E-state index contributed by atoms with van der Waals surface area (Å²) in [6, 6.07) is 1.66. The van der Waals surface area contributed by atoms with Crippen LogP contribution in [0.25, 0.3) is 0 Å². The van der Waals surface area contributed by atoms with Crippen molar-refractivity contribution in [1.29, 1.82) is 0 Å². The van der Waals surface area contributed by atoms with Gasteiger partial charge in [0.25, 0.3) is 0 Å². The van der Waals surface area contributed by atoms with Crippen LogP contribution in [0.5, 0.6) is 0 Å². The van der Waals surface area contributed by atoms with E-state index >= 15 is 0 Å². The third-order valence-corrected chi connectivity index (χ3v) is 3.25. The number of likely N-dealkylation sites (tertiary alicyclic amines) is 1. The maximum absolute atomic E-state index is 12.0. The Morgan fingerprint density at radius 2 is 2.42 bits per heavy atom. The summed E-state index contributed by atoms with van der Waals surface area (Å²) in [5, 5.41) is 6.39. The number of unbranched alkanes of at least 4 members (excludes halogenated alkanes) is 1. The first-order valence-corrected chi connectivity index (χ1v) is 6.62. The molecule has 2 rings (SSSR count). The van der Waals surface area contributed by atoms with E-state index in [-0.39, 0.29) is 24.2 Å². The molecule has 19 heavy (non-hydrogen) atoms. The second kappa shape index (κ2) is 5.86. The molecule has 0 spiro atoms. The Morgan fingerprint density at radius 1 is 1.63 bits per heavy atom. The summed E-state index contributed by atoms with van der Waals surface area (Å²) in [7, 11) is 0. The zero-order valence-corrected chi connectivity index (χ0v) is 11.3. The Balaban J connectivity index is 1.89. The van der Waals surface area contributed by atoms with E-state index in [2.05, 4.69) is 17.4 Å². The molecule has 2 heterocycles. The minimum Gasteiger partial charge on any atom is -0.360 e. The number of carbonyl (C=O) groups excluding carboxylic acids is 2. The van der Waals surface area contributed by atoms with Crippen LogP contribution in [-0.4, -0.2) is 35.0 Å². The maximum atomic E-state index is 12.0. The Morgan fingerprint density at radius 3 is 3.05 bits per heavy atom. The highest BCUT2D eigenvalue weighted by molar-refractivity contribution is 5.96. The lowest BCUT2D eigenvalue weighted by Crippen LogP contribution is -2.29. The predicted octanol–water partition coefficient (Wildman–Crippen LogP) is 1.57. The Labute approximate surface area is 112 Å². The largest absolute Gasteiger partial charge is 0.360 e. The maximum Gasteiger partial charge on any atom is 0.231 e. The summed E-state index contributed by atoms with van der Waals surface area (Å²) in [5.74, 6) is 0.649. The number of aryl methyl sites for hydroxylation is 1. The van der Waals surface area contributed by atoms with Crippen molar-refractivity contribution < 1.29 is 14.1 Å². The zero-order valence-electron chi connectivity index (χ0n) is 11.3. The minimum atomic E-state index is -0.290. The number of amides is 2. The molecule has 1 atom stereocenters. The third-order valence-electron chi connectivity index (χ3n) is 3.25. The van der Waals surface area contributed by atoms with Gasteiger partial charge in [0.2, 0.25) is 11.8 Å². The van der Waals surface area contributed by atoms with Crippen molar-refractivity contribution in [2.75, 3.05) is 18.4 Å². The summed E-state index contributed by atoms with van der Waals surface area (Å²) >= 11 is 0. The van der Waals surface area contributed by atoms with E-state index in [1.165, 1.54) is 0 Å². The van der Waals surface area contributed by atoms with Crippen LogP contribution in [0.3, 0.4) is 0 Å². The summed E-state index contributed by atoms with van der Waals surface area (Å²) in [4.78, 5) is 25.5. The molecule has 2 amide bonds. The molecule has 6 heteroatoms. The highest BCUT2D eigenvalue weighted by Crippen LogP contribution is 2.20. The Hall–Kier alpha value is -1.85. The van der Waals surface area contributed by atoms with Gasteiger partial charge in [-0.3, -0.25) is 9.59 Å². The predicted molar refractivity (Wildman–Crippen MR) is 69.5 cm³/mol. The van der Waals surface area contributed by atoms with Gasteiger partial charge in [-0.15, -0.1) is 0 Å². The molecule has 104 valence electrons. The van der Waals surface area contributed by atoms with Crippen LogP contribution < -0.4 is 5.32 Å². The van der Waals surface area contributed by atoms with E-state index < -0.39 is 0 Å². The zero-order chi connectivity index (χ0) is 13.8. The molecular weight excluding hydrogens is 246 g/mol. The third kappa shape index (κ3) is 3.33. The number of hydrogen-bond donors (Lipinski definition) is 1. The molecule has 1 saturated heterocycles. The van der Waals surface area contributed by atoms with Crippen molar-refractivity contribution in [2.24, 2.45) is 5.92 Å². The van der Waals surface area contributed by atoms with E-state index in [1.54, 1.807) is 17.9 Å². The fourth-order valence-corrected chi connectivity index (χ4v) is 2.17. The summed E-state index contributed by atoms with van der Waals surface area (Å²) in [6.07, 6.45) is 2.30. The summed E-state index contributed by atoms with van der Waals surface area (Å²) < 4.78 is 4.88. The number of hydrogen-bond acceptors (Lipinski definition) is 4. The van der Waals surface area contributed by atoms with Gasteiger partial charge in [-0.25, -0.2) is 0 Å². The van der Waals surface area contributed by atoms with Gasteiger partial charge in [-0.1, -0.05) is 18.5 Å². The van der Waals surface area contributed by atoms with E-state index in [1.807, 2.05) is 0 Å². The molecule has 0 bridgehead atoms. The summed E-state index contributed by atoms with van der Waals surface area (Å²) in [5.41, 5.74) is 0. The van der Waals surface area contributed by atoms with Gasteiger partial charge in [-0.2, -0.15) is 0 Å². The molecule has 0 aliphatic carbocycles. The van der Waals surface area contributed by atoms with Crippen LogP contribution >= 0.6 is 0 Å². The fraction of sp³-hybridized carbons (Fsp3) is 0.615. The van der Waals surface area contributed by atoms with Crippen molar-refractivity contribution in [3.8, 4) is 0 Å². The standard InChI is InChI=1S/C13H19N3O3/c1-3-4-5-16-8-10(7-12(16)17)13(18)14-11-6-9(2)19-15-11/h6,10H,3-5,7-8H2,1-2H3,(H,14,15,18)/t10-/m0/s1. The van der Waals surface area contributed by atoms with Crippen LogP contribution in [-0.2, 0) is 9.59 Å². The molecule has 1 aromatic rings. The van der Waals surface area contributed by atoms with Gasteiger partial charge >= 0.3 is 0 Å². The van der Waals surface area contributed by atoms with Gasteiger partial charge in [-0.05, 0) is 13.3 Å². The van der Waals surface area contributed by atoms with E-state index in [0.717, 1.165) is 19.4 Å². The van der Waals surface area contributed by atoms with Crippen LogP contribution in [0, 0.1) is 12.8 Å². The monoisotopic (exact) mass is 265 g/mol. The summed E-state index contributed by atoms with van der Waals surface area (Å²) in [6.45, 7) is 5.08. The quantitative estimate of drug-likeness (QED) is 0.876. The Kier molecular flexibility index (Phi) is 4.19. The van der Waals surface area contributed by atoms with Crippen LogP contribution in [0.2, 0.25) is 0 Å². The molecule has 1 fully saturated rings. The van der Waals surface area contributed by atoms with Crippen molar-refractivity contribution in [2.45, 2.75) is 33.1 Å². The van der Waals surface area contributed by atoms with Crippen molar-refractivity contribution in [3.63, 3.8) is 0 Å². The topological polar surface area (TPSA) is 75.4 Å². The van der Waals surface area contributed by atoms with Gasteiger partial charge in [0, 0.05) is 25.6 Å². The van der Waals surface area contributed by atoms with Crippen molar-refractivity contribution in [1.82, 2.24) is 10.1 Å². The molecule has 1 N–H and O–H groups in total. The lowest BCUT2D eigenvalue weighted by atomic mass is 10.1. The number of rotatable bonds is 5. The second-order valence-electron chi connectivity index (χ2n) is 4.91. The molecule has 6 nitrogen and oxygen atoms in total. The van der Waals surface area contributed by atoms with Crippen LogP contribution in [0.15, 0.2) is 10.6 Å². The van der Waals surface area contributed by atoms with Gasteiger partial charge in [0.05, 0.1) is 5.92 Å². The lowest BCUT2D eigenvalue weighted by Gasteiger charge is -2.15. The first-order valence-electron chi connectivity index (χ1n) is 6.62.